The van der Waals surface area contributed by atoms with Crippen molar-refractivity contribution in [1.82, 2.24) is 9.80 Å². The smallest absolute Gasteiger partial charge is 0.322 e. The molecule has 0 aromatic rings. The maximum atomic E-state index is 11.2. The molecule has 104 valence electrons. The number of rotatable bonds is 5. The van der Waals surface area contributed by atoms with Gasteiger partial charge in [-0.25, -0.2) is 0 Å². The van der Waals surface area contributed by atoms with Gasteiger partial charge in [-0.2, -0.15) is 0 Å². The zero-order valence-electron chi connectivity index (χ0n) is 11.3. The molecule has 0 amide bonds. The highest BCUT2D eigenvalue weighted by Gasteiger charge is 2.29. The first-order valence-corrected chi connectivity index (χ1v) is 7.00. The first-order chi connectivity index (χ1) is 8.70. The Morgan fingerprint density at radius 1 is 1.39 bits per heavy atom. The third-order valence-electron chi connectivity index (χ3n) is 4.16. The molecule has 2 unspecified atom stereocenters. The van der Waals surface area contributed by atoms with Crippen LogP contribution in [0.15, 0.2) is 0 Å². The molecule has 2 atom stereocenters. The number of esters is 1. The van der Waals surface area contributed by atoms with Crippen molar-refractivity contribution in [2.75, 3.05) is 39.8 Å². The second-order valence-electron chi connectivity index (χ2n) is 5.40. The van der Waals surface area contributed by atoms with Gasteiger partial charge >= 0.3 is 5.97 Å². The van der Waals surface area contributed by atoms with Gasteiger partial charge in [-0.05, 0) is 45.3 Å². The number of nitrogens with two attached hydrogens (primary N) is 1. The van der Waals surface area contributed by atoms with Crippen LogP contribution in [0.3, 0.4) is 0 Å². The molecule has 2 rings (SSSR count). The lowest BCUT2D eigenvalue weighted by molar-refractivity contribution is -0.142. The van der Waals surface area contributed by atoms with Gasteiger partial charge in [0.25, 0.3) is 0 Å². The Kier molecular flexibility index (Phi) is 4.97. The molecule has 2 heterocycles. The van der Waals surface area contributed by atoms with Crippen molar-refractivity contribution in [3.05, 3.63) is 0 Å². The lowest BCUT2D eigenvalue weighted by Crippen LogP contribution is -2.38. The standard InChI is InChI=1S/C13H25N3O2/c1-18-13(17)12(14)5-9-15-8-4-11(10-15)16-6-2-3-7-16/h11-12H,2-10,14H2,1H3. The summed E-state index contributed by atoms with van der Waals surface area (Å²) in [6.07, 6.45) is 4.65. The predicted octanol–water partition coefficient (Wildman–Crippen LogP) is 0.0469. The molecule has 0 saturated carbocycles. The van der Waals surface area contributed by atoms with Gasteiger partial charge < -0.3 is 15.4 Å². The highest BCUT2D eigenvalue weighted by molar-refractivity contribution is 5.75. The molecule has 5 nitrogen and oxygen atoms in total. The van der Waals surface area contributed by atoms with Crippen LogP contribution >= 0.6 is 0 Å². The van der Waals surface area contributed by atoms with Crippen LogP contribution in [-0.2, 0) is 9.53 Å². The summed E-state index contributed by atoms with van der Waals surface area (Å²) in [7, 11) is 1.39. The fraction of sp³-hybridized carbons (Fsp3) is 0.923. The van der Waals surface area contributed by atoms with Gasteiger partial charge in [0.05, 0.1) is 7.11 Å². The van der Waals surface area contributed by atoms with E-state index >= 15 is 0 Å². The fourth-order valence-corrected chi connectivity index (χ4v) is 3.01. The maximum Gasteiger partial charge on any atom is 0.322 e. The third-order valence-corrected chi connectivity index (χ3v) is 4.16. The number of hydrogen-bond donors (Lipinski definition) is 1. The third kappa shape index (κ3) is 3.43. The van der Waals surface area contributed by atoms with Gasteiger partial charge in [0.15, 0.2) is 0 Å². The van der Waals surface area contributed by atoms with Crippen molar-refractivity contribution in [2.45, 2.75) is 37.8 Å². The monoisotopic (exact) mass is 255 g/mol. The summed E-state index contributed by atoms with van der Waals surface area (Å²) < 4.78 is 4.64. The minimum atomic E-state index is -0.471. The molecule has 0 bridgehead atoms. The number of ether oxygens (including phenoxy) is 1. The van der Waals surface area contributed by atoms with E-state index in [1.165, 1.54) is 39.5 Å². The summed E-state index contributed by atoms with van der Waals surface area (Å²) in [6, 6.07) is 0.252. The number of methoxy groups -OCH3 is 1. The summed E-state index contributed by atoms with van der Waals surface area (Å²) in [5.41, 5.74) is 5.75. The van der Waals surface area contributed by atoms with Gasteiger partial charge in [0, 0.05) is 19.1 Å². The van der Waals surface area contributed by atoms with Crippen molar-refractivity contribution in [3.8, 4) is 0 Å². The minimum Gasteiger partial charge on any atom is -0.468 e. The van der Waals surface area contributed by atoms with Crippen molar-refractivity contribution in [1.29, 1.82) is 0 Å². The van der Waals surface area contributed by atoms with E-state index in [0.717, 1.165) is 25.7 Å². The summed E-state index contributed by atoms with van der Waals surface area (Å²) in [5, 5.41) is 0. The van der Waals surface area contributed by atoms with Crippen molar-refractivity contribution in [3.63, 3.8) is 0 Å². The van der Waals surface area contributed by atoms with E-state index in [2.05, 4.69) is 14.5 Å². The SMILES string of the molecule is COC(=O)C(N)CCN1CCC(N2CCCC2)C1. The maximum absolute atomic E-state index is 11.2. The van der Waals surface area contributed by atoms with Crippen LogP contribution in [0.1, 0.15) is 25.7 Å². The molecule has 2 fully saturated rings. The average Bonchev–Trinajstić information content (AvgIpc) is 3.04. The summed E-state index contributed by atoms with van der Waals surface area (Å²) in [4.78, 5) is 16.2. The number of carbonyl (C=O) groups excluding carboxylic acids is 1. The predicted molar refractivity (Wildman–Crippen MR) is 70.3 cm³/mol. The Morgan fingerprint density at radius 2 is 2.11 bits per heavy atom. The first-order valence-electron chi connectivity index (χ1n) is 7.00. The normalized spacial score (nSPS) is 27.6. The second-order valence-corrected chi connectivity index (χ2v) is 5.40. The lowest BCUT2D eigenvalue weighted by Gasteiger charge is -2.24. The topological polar surface area (TPSA) is 58.8 Å². The van der Waals surface area contributed by atoms with Gasteiger partial charge in [-0.15, -0.1) is 0 Å². The molecule has 0 aromatic heterocycles. The van der Waals surface area contributed by atoms with Gasteiger partial charge in [-0.1, -0.05) is 0 Å². The Bertz CT molecular complexity index is 279. The Hall–Kier alpha value is -0.650. The molecule has 5 heteroatoms. The molecular weight excluding hydrogens is 230 g/mol. The first kappa shape index (κ1) is 13.8. The van der Waals surface area contributed by atoms with E-state index in [1.54, 1.807) is 0 Å². The molecule has 0 aromatic carbocycles. The molecular formula is C13H25N3O2. The van der Waals surface area contributed by atoms with Crippen LogP contribution in [0.2, 0.25) is 0 Å². The number of carbonyl (C=O) groups is 1. The van der Waals surface area contributed by atoms with E-state index in [4.69, 9.17) is 5.73 Å². The van der Waals surface area contributed by atoms with Crippen LogP contribution in [0.5, 0.6) is 0 Å². The molecule has 0 aliphatic carbocycles. The van der Waals surface area contributed by atoms with Crippen LogP contribution in [-0.4, -0.2) is 67.7 Å². The molecule has 2 aliphatic heterocycles. The van der Waals surface area contributed by atoms with Crippen molar-refractivity contribution >= 4 is 5.97 Å². The van der Waals surface area contributed by atoms with Gasteiger partial charge in [0.1, 0.15) is 6.04 Å². The Labute approximate surface area is 109 Å². The van der Waals surface area contributed by atoms with Crippen LogP contribution in [0.25, 0.3) is 0 Å². The molecule has 2 aliphatic rings. The molecule has 2 saturated heterocycles. The van der Waals surface area contributed by atoms with E-state index in [-0.39, 0.29) is 5.97 Å². The molecule has 18 heavy (non-hydrogen) atoms. The number of hydrogen-bond acceptors (Lipinski definition) is 5. The van der Waals surface area contributed by atoms with Gasteiger partial charge in [0.2, 0.25) is 0 Å². The van der Waals surface area contributed by atoms with Crippen LogP contribution in [0, 0.1) is 0 Å². The number of likely N-dealkylation sites (tertiary alicyclic amines) is 2. The highest BCUT2D eigenvalue weighted by atomic mass is 16.5. The minimum absolute atomic E-state index is 0.301. The largest absolute Gasteiger partial charge is 0.468 e. The summed E-state index contributed by atoms with van der Waals surface area (Å²) in [6.45, 7) is 5.70. The van der Waals surface area contributed by atoms with E-state index in [0.29, 0.717) is 6.42 Å². The Balaban J connectivity index is 1.67. The Morgan fingerprint density at radius 3 is 2.78 bits per heavy atom. The molecule has 2 N–H and O–H groups in total. The van der Waals surface area contributed by atoms with E-state index in [1.807, 2.05) is 0 Å². The van der Waals surface area contributed by atoms with E-state index in [9.17, 15) is 4.79 Å². The highest BCUT2D eigenvalue weighted by Crippen LogP contribution is 2.20. The second kappa shape index (κ2) is 6.50. The van der Waals surface area contributed by atoms with Gasteiger partial charge in [-0.3, -0.25) is 9.69 Å². The fourth-order valence-electron chi connectivity index (χ4n) is 3.01. The summed E-state index contributed by atoms with van der Waals surface area (Å²) in [5.74, 6) is -0.301. The lowest BCUT2D eigenvalue weighted by atomic mass is 10.2. The number of nitrogens with zero attached hydrogens (tertiary/aromatic N) is 2. The molecule has 0 spiro atoms. The van der Waals surface area contributed by atoms with Crippen molar-refractivity contribution < 1.29 is 9.53 Å². The van der Waals surface area contributed by atoms with Crippen LogP contribution < -0.4 is 5.73 Å². The van der Waals surface area contributed by atoms with Crippen LogP contribution in [0.4, 0.5) is 0 Å². The molecule has 0 radical (unpaired) electrons. The van der Waals surface area contributed by atoms with Crippen molar-refractivity contribution in [2.24, 2.45) is 5.73 Å². The average molecular weight is 255 g/mol. The summed E-state index contributed by atoms with van der Waals surface area (Å²) >= 11 is 0. The zero-order chi connectivity index (χ0) is 13.0. The van der Waals surface area contributed by atoms with E-state index < -0.39 is 6.04 Å². The quantitative estimate of drug-likeness (QED) is 0.703. The zero-order valence-corrected chi connectivity index (χ0v) is 11.3.